The molecular weight excluding hydrogens is 360 g/mol. The highest BCUT2D eigenvalue weighted by Gasteiger charge is 2.17. The quantitative estimate of drug-likeness (QED) is 0.606. The summed E-state index contributed by atoms with van der Waals surface area (Å²) in [4.78, 5) is 17.4. The number of aromatic nitrogens is 3. The van der Waals surface area contributed by atoms with Gasteiger partial charge >= 0.3 is 5.97 Å². The lowest BCUT2D eigenvalue weighted by atomic mass is 10.1. The lowest BCUT2D eigenvalue weighted by Gasteiger charge is -2.04. The maximum Gasteiger partial charge on any atom is 0.350 e. The molecule has 0 amide bonds. The lowest BCUT2D eigenvalue weighted by molar-refractivity contribution is 0.0492. The van der Waals surface area contributed by atoms with Gasteiger partial charge in [-0.3, -0.25) is 4.68 Å². The SMILES string of the molecule is CCc1ccc(-c2nc(C)c(C(=O)OCCn3cc(C#N)c(C)n3)s2)cc1. The van der Waals surface area contributed by atoms with Gasteiger partial charge in [-0.1, -0.05) is 31.2 Å². The van der Waals surface area contributed by atoms with E-state index in [0.717, 1.165) is 17.0 Å². The summed E-state index contributed by atoms with van der Waals surface area (Å²) >= 11 is 1.34. The summed E-state index contributed by atoms with van der Waals surface area (Å²) in [5, 5.41) is 14.0. The Bertz CT molecular complexity index is 996. The predicted molar refractivity (Wildman–Crippen MR) is 104 cm³/mol. The molecule has 0 N–H and O–H groups in total. The molecule has 3 aromatic rings. The molecule has 0 atom stereocenters. The highest BCUT2D eigenvalue weighted by Crippen LogP contribution is 2.28. The Morgan fingerprint density at radius 1 is 1.26 bits per heavy atom. The largest absolute Gasteiger partial charge is 0.459 e. The first-order valence-corrected chi connectivity index (χ1v) is 9.51. The second kappa shape index (κ2) is 8.14. The number of esters is 1. The summed E-state index contributed by atoms with van der Waals surface area (Å²) in [5.74, 6) is -0.384. The highest BCUT2D eigenvalue weighted by molar-refractivity contribution is 7.17. The third kappa shape index (κ3) is 4.23. The number of nitrogens with zero attached hydrogens (tertiary/aromatic N) is 4. The van der Waals surface area contributed by atoms with Crippen molar-refractivity contribution in [2.75, 3.05) is 6.61 Å². The fraction of sp³-hybridized carbons (Fsp3) is 0.300. The normalized spacial score (nSPS) is 10.6. The van der Waals surface area contributed by atoms with E-state index in [1.54, 1.807) is 17.8 Å². The molecule has 0 bridgehead atoms. The molecule has 27 heavy (non-hydrogen) atoms. The van der Waals surface area contributed by atoms with E-state index < -0.39 is 0 Å². The van der Waals surface area contributed by atoms with Crippen LogP contribution in [-0.2, 0) is 17.7 Å². The first kappa shape index (κ1) is 18.8. The van der Waals surface area contributed by atoms with E-state index in [1.165, 1.54) is 16.9 Å². The Morgan fingerprint density at radius 3 is 2.63 bits per heavy atom. The summed E-state index contributed by atoms with van der Waals surface area (Å²) in [6.07, 6.45) is 2.64. The third-order valence-electron chi connectivity index (χ3n) is 4.21. The minimum absolute atomic E-state index is 0.183. The van der Waals surface area contributed by atoms with Gasteiger partial charge in [0.05, 0.1) is 23.5 Å². The van der Waals surface area contributed by atoms with Gasteiger partial charge in [-0.2, -0.15) is 10.4 Å². The number of benzene rings is 1. The second-order valence-electron chi connectivity index (χ2n) is 6.12. The Balaban J connectivity index is 1.64. The molecule has 0 radical (unpaired) electrons. The highest BCUT2D eigenvalue weighted by atomic mass is 32.1. The van der Waals surface area contributed by atoms with Crippen molar-refractivity contribution >= 4 is 17.3 Å². The second-order valence-corrected chi connectivity index (χ2v) is 7.12. The van der Waals surface area contributed by atoms with E-state index in [4.69, 9.17) is 10.00 Å². The Labute approximate surface area is 162 Å². The van der Waals surface area contributed by atoms with Crippen molar-refractivity contribution in [3.63, 3.8) is 0 Å². The van der Waals surface area contributed by atoms with Gasteiger partial charge in [0.25, 0.3) is 0 Å². The Morgan fingerprint density at radius 2 is 2.00 bits per heavy atom. The van der Waals surface area contributed by atoms with Crippen LogP contribution in [0.4, 0.5) is 0 Å². The molecule has 0 saturated carbocycles. The number of hydrogen-bond donors (Lipinski definition) is 0. The van der Waals surface area contributed by atoms with Crippen LogP contribution in [0.3, 0.4) is 0 Å². The average Bonchev–Trinajstić information content (AvgIpc) is 3.24. The number of carbonyl (C=O) groups is 1. The summed E-state index contributed by atoms with van der Waals surface area (Å²) < 4.78 is 6.98. The lowest BCUT2D eigenvalue weighted by Crippen LogP contribution is -2.11. The number of hydrogen-bond acceptors (Lipinski definition) is 6. The van der Waals surface area contributed by atoms with Crippen molar-refractivity contribution in [1.82, 2.24) is 14.8 Å². The van der Waals surface area contributed by atoms with Crippen LogP contribution in [0, 0.1) is 25.2 Å². The van der Waals surface area contributed by atoms with Gasteiger partial charge < -0.3 is 4.74 Å². The summed E-state index contributed by atoms with van der Waals surface area (Å²) in [7, 11) is 0. The molecule has 0 fully saturated rings. The Kier molecular flexibility index (Phi) is 5.67. The minimum atomic E-state index is -0.384. The van der Waals surface area contributed by atoms with Gasteiger partial charge in [-0.15, -0.1) is 11.3 Å². The number of nitriles is 1. The molecule has 7 heteroatoms. The first-order chi connectivity index (χ1) is 13.0. The van der Waals surface area contributed by atoms with Crippen LogP contribution >= 0.6 is 11.3 Å². The monoisotopic (exact) mass is 380 g/mol. The molecule has 138 valence electrons. The standard InChI is InChI=1S/C20H20N4O2S/c1-4-15-5-7-16(8-6-15)19-22-14(3)18(27-19)20(25)26-10-9-24-12-17(11-21)13(2)23-24/h5-8,12H,4,9-10H2,1-3H3. The van der Waals surface area contributed by atoms with Crippen LogP contribution in [0.5, 0.6) is 0 Å². The zero-order valence-electron chi connectivity index (χ0n) is 15.5. The number of carbonyl (C=O) groups excluding carboxylic acids is 1. The molecule has 0 aliphatic carbocycles. The van der Waals surface area contributed by atoms with Crippen molar-refractivity contribution in [2.24, 2.45) is 0 Å². The molecule has 0 unspecified atom stereocenters. The molecule has 2 heterocycles. The molecule has 6 nitrogen and oxygen atoms in total. The van der Waals surface area contributed by atoms with E-state index in [-0.39, 0.29) is 12.6 Å². The van der Waals surface area contributed by atoms with Crippen molar-refractivity contribution in [3.8, 4) is 16.6 Å². The van der Waals surface area contributed by atoms with E-state index >= 15 is 0 Å². The topological polar surface area (TPSA) is 80.8 Å². The van der Waals surface area contributed by atoms with Crippen LogP contribution in [0.2, 0.25) is 0 Å². The first-order valence-electron chi connectivity index (χ1n) is 8.69. The smallest absolute Gasteiger partial charge is 0.350 e. The van der Waals surface area contributed by atoms with Crippen LogP contribution in [0.25, 0.3) is 10.6 Å². The maximum atomic E-state index is 12.4. The van der Waals surface area contributed by atoms with E-state index in [1.807, 2.05) is 19.1 Å². The Hall–Kier alpha value is -2.98. The van der Waals surface area contributed by atoms with Crippen LogP contribution in [0.15, 0.2) is 30.5 Å². The minimum Gasteiger partial charge on any atom is -0.459 e. The van der Waals surface area contributed by atoms with Gasteiger partial charge in [0.2, 0.25) is 0 Å². The zero-order valence-corrected chi connectivity index (χ0v) is 16.3. The fourth-order valence-electron chi connectivity index (χ4n) is 2.63. The molecule has 0 spiro atoms. The van der Waals surface area contributed by atoms with Crippen molar-refractivity contribution < 1.29 is 9.53 Å². The van der Waals surface area contributed by atoms with E-state index in [9.17, 15) is 4.79 Å². The van der Waals surface area contributed by atoms with Crippen molar-refractivity contribution in [3.05, 3.63) is 57.9 Å². The molecular formula is C20H20N4O2S. The van der Waals surface area contributed by atoms with Crippen LogP contribution in [-0.4, -0.2) is 27.3 Å². The molecule has 2 aromatic heterocycles. The maximum absolute atomic E-state index is 12.4. The van der Waals surface area contributed by atoms with Gasteiger partial charge in [0.1, 0.15) is 22.6 Å². The zero-order chi connectivity index (χ0) is 19.4. The van der Waals surface area contributed by atoms with Crippen molar-refractivity contribution in [1.29, 1.82) is 5.26 Å². The van der Waals surface area contributed by atoms with E-state index in [0.29, 0.717) is 28.4 Å². The molecule has 1 aromatic carbocycles. The molecule has 3 rings (SSSR count). The number of rotatable bonds is 6. The van der Waals surface area contributed by atoms with Crippen molar-refractivity contribution in [2.45, 2.75) is 33.7 Å². The molecule has 0 aliphatic rings. The molecule has 0 aliphatic heterocycles. The van der Waals surface area contributed by atoms with E-state index in [2.05, 4.69) is 35.2 Å². The third-order valence-corrected chi connectivity index (χ3v) is 5.40. The number of thiazole rings is 1. The average molecular weight is 380 g/mol. The number of ether oxygens (including phenoxy) is 1. The predicted octanol–water partition coefficient (Wildman–Crippen LogP) is 3.91. The van der Waals surface area contributed by atoms with Gasteiger partial charge in [0, 0.05) is 11.8 Å². The van der Waals surface area contributed by atoms with Gasteiger partial charge in [-0.05, 0) is 25.8 Å². The molecule has 0 saturated heterocycles. The summed E-state index contributed by atoms with van der Waals surface area (Å²) in [5.41, 5.74) is 4.12. The summed E-state index contributed by atoms with van der Waals surface area (Å²) in [6.45, 7) is 6.28. The fourth-order valence-corrected chi connectivity index (χ4v) is 3.60. The van der Waals surface area contributed by atoms with Crippen LogP contribution < -0.4 is 0 Å². The van der Waals surface area contributed by atoms with Crippen LogP contribution in [0.1, 0.15) is 39.1 Å². The number of aryl methyl sites for hydroxylation is 3. The van der Waals surface area contributed by atoms with Gasteiger partial charge in [0.15, 0.2) is 0 Å². The van der Waals surface area contributed by atoms with Gasteiger partial charge in [-0.25, -0.2) is 9.78 Å². The summed E-state index contributed by atoms with van der Waals surface area (Å²) in [6, 6.07) is 10.3.